The van der Waals surface area contributed by atoms with Gasteiger partial charge < -0.3 is 5.73 Å². The zero-order valence-corrected chi connectivity index (χ0v) is 10.9. The molecular formula is C11H9Cl2F2NS. The molecule has 2 rings (SSSR count). The van der Waals surface area contributed by atoms with Crippen LogP contribution < -0.4 is 5.73 Å². The Hall–Kier alpha value is -0.680. The summed E-state index contributed by atoms with van der Waals surface area (Å²) in [5.41, 5.74) is 5.85. The summed E-state index contributed by atoms with van der Waals surface area (Å²) in [5, 5.41) is 1.57. The quantitative estimate of drug-likeness (QED) is 0.828. The van der Waals surface area contributed by atoms with E-state index in [9.17, 15) is 8.78 Å². The maximum Gasteiger partial charge on any atom is 0.142 e. The number of nitrogens with two attached hydrogens (primary N) is 1. The first kappa shape index (κ1) is 14.4. The van der Waals surface area contributed by atoms with Crippen LogP contribution in [0.25, 0.3) is 0 Å². The first-order valence-corrected chi connectivity index (χ1v) is 5.79. The highest BCUT2D eigenvalue weighted by molar-refractivity contribution is 7.10. The normalized spacial score (nSPS) is 12.0. The SMILES string of the molecule is Cl.N[C@@H](c1cccs1)c1c(F)ccc(F)c1Cl. The highest BCUT2D eigenvalue weighted by Gasteiger charge is 2.20. The molecule has 0 aliphatic carbocycles. The number of benzene rings is 1. The van der Waals surface area contributed by atoms with Gasteiger partial charge in [-0.15, -0.1) is 23.7 Å². The second-order valence-electron chi connectivity index (χ2n) is 3.25. The van der Waals surface area contributed by atoms with Crippen molar-refractivity contribution in [1.29, 1.82) is 0 Å². The zero-order valence-electron chi connectivity index (χ0n) is 8.49. The van der Waals surface area contributed by atoms with Crippen molar-refractivity contribution in [3.63, 3.8) is 0 Å². The predicted molar refractivity (Wildman–Crippen MR) is 69.0 cm³/mol. The van der Waals surface area contributed by atoms with E-state index in [1.54, 1.807) is 12.1 Å². The first-order valence-electron chi connectivity index (χ1n) is 4.53. The van der Waals surface area contributed by atoms with Gasteiger partial charge in [0, 0.05) is 10.4 Å². The Morgan fingerprint density at radius 2 is 1.82 bits per heavy atom. The molecular weight excluding hydrogens is 287 g/mol. The van der Waals surface area contributed by atoms with Gasteiger partial charge in [0.05, 0.1) is 11.1 Å². The van der Waals surface area contributed by atoms with Gasteiger partial charge in [-0.1, -0.05) is 17.7 Å². The van der Waals surface area contributed by atoms with Crippen molar-refractivity contribution in [3.05, 3.63) is 56.7 Å². The first-order chi connectivity index (χ1) is 7.61. The van der Waals surface area contributed by atoms with E-state index in [0.717, 1.165) is 17.0 Å². The molecule has 1 atom stereocenters. The van der Waals surface area contributed by atoms with E-state index in [2.05, 4.69) is 0 Å². The molecule has 0 fully saturated rings. The molecule has 92 valence electrons. The number of thiophene rings is 1. The van der Waals surface area contributed by atoms with Gasteiger partial charge in [0.25, 0.3) is 0 Å². The van der Waals surface area contributed by atoms with Crippen LogP contribution >= 0.6 is 35.3 Å². The lowest BCUT2D eigenvalue weighted by molar-refractivity contribution is 0.578. The standard InChI is InChI=1S/C11H8ClF2NS.ClH/c12-10-7(14)4-3-6(13)9(10)11(15)8-2-1-5-16-8;/h1-5,11H,15H2;1H/t11-;/m0./s1. The monoisotopic (exact) mass is 295 g/mol. The Balaban J connectivity index is 0.00000144. The third-order valence-electron chi connectivity index (χ3n) is 2.24. The van der Waals surface area contributed by atoms with E-state index >= 15 is 0 Å². The highest BCUT2D eigenvalue weighted by Crippen LogP contribution is 2.32. The smallest absolute Gasteiger partial charge is 0.142 e. The molecule has 0 radical (unpaired) electrons. The minimum Gasteiger partial charge on any atom is -0.319 e. The molecule has 0 saturated heterocycles. The molecule has 1 aromatic heterocycles. The van der Waals surface area contributed by atoms with Gasteiger partial charge >= 0.3 is 0 Å². The van der Waals surface area contributed by atoms with Gasteiger partial charge in [-0.25, -0.2) is 8.78 Å². The lowest BCUT2D eigenvalue weighted by Gasteiger charge is -2.13. The third-order valence-corrected chi connectivity index (χ3v) is 3.58. The second kappa shape index (κ2) is 5.78. The number of halogens is 4. The van der Waals surface area contributed by atoms with Gasteiger partial charge in [0.1, 0.15) is 11.6 Å². The van der Waals surface area contributed by atoms with Crippen LogP contribution in [-0.2, 0) is 0 Å². The van der Waals surface area contributed by atoms with Crippen LogP contribution in [0.5, 0.6) is 0 Å². The van der Waals surface area contributed by atoms with Crippen LogP contribution in [0.4, 0.5) is 8.78 Å². The fraction of sp³-hybridized carbons (Fsp3) is 0.0909. The molecule has 2 aromatic rings. The van der Waals surface area contributed by atoms with E-state index in [0.29, 0.717) is 0 Å². The summed E-state index contributed by atoms with van der Waals surface area (Å²) < 4.78 is 26.8. The minimum atomic E-state index is -0.733. The molecule has 1 aromatic carbocycles. The van der Waals surface area contributed by atoms with Gasteiger partial charge in [-0.05, 0) is 23.6 Å². The fourth-order valence-electron chi connectivity index (χ4n) is 1.44. The van der Waals surface area contributed by atoms with Crippen LogP contribution in [-0.4, -0.2) is 0 Å². The maximum absolute atomic E-state index is 13.5. The Morgan fingerprint density at radius 3 is 2.41 bits per heavy atom. The third kappa shape index (κ3) is 2.77. The van der Waals surface area contributed by atoms with Gasteiger partial charge in [-0.3, -0.25) is 0 Å². The van der Waals surface area contributed by atoms with Crippen molar-refractivity contribution < 1.29 is 8.78 Å². The van der Waals surface area contributed by atoms with E-state index in [-0.39, 0.29) is 23.0 Å². The van der Waals surface area contributed by atoms with Gasteiger partial charge in [0.2, 0.25) is 0 Å². The molecule has 6 heteroatoms. The lowest BCUT2D eigenvalue weighted by Crippen LogP contribution is -2.13. The molecule has 0 aliphatic heterocycles. The van der Waals surface area contributed by atoms with Crippen LogP contribution in [0, 0.1) is 11.6 Å². The molecule has 0 bridgehead atoms. The molecule has 1 nitrogen and oxygen atoms in total. The summed E-state index contributed by atoms with van der Waals surface area (Å²) in [7, 11) is 0. The minimum absolute atomic E-state index is 0. The molecule has 0 saturated carbocycles. The van der Waals surface area contributed by atoms with E-state index in [1.807, 2.05) is 5.38 Å². The van der Waals surface area contributed by atoms with E-state index in [1.165, 1.54) is 11.3 Å². The Bertz CT molecular complexity index is 502. The zero-order chi connectivity index (χ0) is 11.7. The Kier molecular flexibility index (Phi) is 4.89. The predicted octanol–water partition coefficient (Wildman–Crippen LogP) is 4.15. The van der Waals surface area contributed by atoms with E-state index in [4.69, 9.17) is 17.3 Å². The summed E-state index contributed by atoms with van der Waals surface area (Å²) in [4.78, 5) is 0.742. The summed E-state index contributed by atoms with van der Waals surface area (Å²) >= 11 is 7.10. The van der Waals surface area contributed by atoms with Crippen molar-refractivity contribution in [3.8, 4) is 0 Å². The Morgan fingerprint density at radius 1 is 1.18 bits per heavy atom. The summed E-state index contributed by atoms with van der Waals surface area (Å²) in [5.74, 6) is -1.25. The van der Waals surface area contributed by atoms with Crippen LogP contribution in [0.15, 0.2) is 29.6 Å². The average Bonchev–Trinajstić information content (AvgIpc) is 2.77. The van der Waals surface area contributed by atoms with Crippen molar-refractivity contribution >= 4 is 35.3 Å². The van der Waals surface area contributed by atoms with Crippen molar-refractivity contribution in [2.24, 2.45) is 5.73 Å². The van der Waals surface area contributed by atoms with Crippen molar-refractivity contribution in [2.75, 3.05) is 0 Å². The summed E-state index contributed by atoms with van der Waals surface area (Å²) in [6.45, 7) is 0. The molecule has 17 heavy (non-hydrogen) atoms. The van der Waals surface area contributed by atoms with Gasteiger partial charge in [-0.2, -0.15) is 0 Å². The van der Waals surface area contributed by atoms with E-state index < -0.39 is 17.7 Å². The van der Waals surface area contributed by atoms with Crippen molar-refractivity contribution in [2.45, 2.75) is 6.04 Å². The van der Waals surface area contributed by atoms with Crippen LogP contribution in [0.1, 0.15) is 16.5 Å². The lowest BCUT2D eigenvalue weighted by atomic mass is 10.1. The highest BCUT2D eigenvalue weighted by atomic mass is 35.5. The number of hydrogen-bond acceptors (Lipinski definition) is 2. The van der Waals surface area contributed by atoms with Crippen LogP contribution in [0.2, 0.25) is 5.02 Å². The Labute approximate surface area is 113 Å². The van der Waals surface area contributed by atoms with Crippen LogP contribution in [0.3, 0.4) is 0 Å². The molecule has 1 heterocycles. The molecule has 0 aliphatic rings. The molecule has 0 amide bonds. The van der Waals surface area contributed by atoms with Gasteiger partial charge in [0.15, 0.2) is 0 Å². The number of rotatable bonds is 2. The summed E-state index contributed by atoms with van der Waals surface area (Å²) in [6.07, 6.45) is 0. The average molecular weight is 296 g/mol. The molecule has 2 N–H and O–H groups in total. The largest absolute Gasteiger partial charge is 0.319 e. The maximum atomic E-state index is 13.5. The molecule has 0 unspecified atom stereocenters. The second-order valence-corrected chi connectivity index (χ2v) is 4.61. The molecule has 0 spiro atoms. The van der Waals surface area contributed by atoms with Crippen molar-refractivity contribution in [1.82, 2.24) is 0 Å². The fourth-order valence-corrected chi connectivity index (χ4v) is 2.45. The summed E-state index contributed by atoms with van der Waals surface area (Å²) in [6, 6.07) is 4.84. The number of hydrogen-bond donors (Lipinski definition) is 1. The topological polar surface area (TPSA) is 26.0 Å².